The van der Waals surface area contributed by atoms with Crippen LogP contribution in [0.1, 0.15) is 33.1 Å². The van der Waals surface area contributed by atoms with Gasteiger partial charge >= 0.3 is 5.97 Å². The molecule has 0 aliphatic heterocycles. The van der Waals surface area contributed by atoms with Crippen LogP contribution in [0.25, 0.3) is 0 Å². The predicted molar refractivity (Wildman–Crippen MR) is 50.8 cm³/mol. The number of carbonyl (C=O) groups excluding carboxylic acids is 1. The molecule has 2 unspecified atom stereocenters. The Hall–Kier alpha value is -1.12. The van der Waals surface area contributed by atoms with E-state index in [0.717, 1.165) is 11.1 Å². The Morgan fingerprint density at radius 2 is 2.21 bits per heavy atom. The lowest BCUT2D eigenvalue weighted by Gasteiger charge is -2.17. The van der Waals surface area contributed by atoms with Gasteiger partial charge in [-0.25, -0.2) is 0 Å². The molecule has 0 bridgehead atoms. The van der Waals surface area contributed by atoms with Crippen LogP contribution in [0.3, 0.4) is 0 Å². The van der Waals surface area contributed by atoms with Crippen molar-refractivity contribution in [2.24, 2.45) is 11.3 Å². The third kappa shape index (κ3) is 1.11. The molecule has 0 amide bonds. The van der Waals surface area contributed by atoms with Crippen LogP contribution in [0.4, 0.5) is 0 Å². The van der Waals surface area contributed by atoms with Gasteiger partial charge in [0, 0.05) is 6.42 Å². The molecule has 0 aromatic rings. The van der Waals surface area contributed by atoms with Crippen LogP contribution in [0.15, 0.2) is 11.1 Å². The number of aliphatic carboxylic acids is 1. The van der Waals surface area contributed by atoms with Crippen molar-refractivity contribution in [3.63, 3.8) is 0 Å². The van der Waals surface area contributed by atoms with Gasteiger partial charge in [-0.1, -0.05) is 5.57 Å². The van der Waals surface area contributed by atoms with E-state index in [-0.39, 0.29) is 11.7 Å². The van der Waals surface area contributed by atoms with Crippen LogP contribution in [0, 0.1) is 11.3 Å². The van der Waals surface area contributed by atoms with E-state index < -0.39 is 11.4 Å². The number of ketones is 1. The first kappa shape index (κ1) is 9.44. The molecule has 0 saturated heterocycles. The summed E-state index contributed by atoms with van der Waals surface area (Å²) in [6.45, 7) is 3.60. The maximum absolute atomic E-state index is 11.4. The molecule has 1 saturated carbocycles. The summed E-state index contributed by atoms with van der Waals surface area (Å²) in [5.41, 5.74) is 1.28. The Morgan fingerprint density at radius 1 is 1.57 bits per heavy atom. The van der Waals surface area contributed by atoms with Gasteiger partial charge in [0.15, 0.2) is 5.78 Å². The van der Waals surface area contributed by atoms with E-state index in [1.165, 1.54) is 0 Å². The first-order valence-electron chi connectivity index (χ1n) is 4.90. The molecule has 2 atom stereocenters. The summed E-state index contributed by atoms with van der Waals surface area (Å²) >= 11 is 0. The summed E-state index contributed by atoms with van der Waals surface area (Å²) in [6, 6.07) is 0. The van der Waals surface area contributed by atoms with E-state index in [9.17, 15) is 9.59 Å². The Bertz CT molecular complexity index is 354. The maximum atomic E-state index is 11.4. The van der Waals surface area contributed by atoms with E-state index in [4.69, 9.17) is 5.11 Å². The average Bonchev–Trinajstić information content (AvgIpc) is 2.52. The second-order valence-electron chi connectivity index (χ2n) is 4.72. The van der Waals surface area contributed by atoms with E-state index in [0.29, 0.717) is 19.3 Å². The van der Waals surface area contributed by atoms with Crippen LogP contribution in [0.2, 0.25) is 0 Å². The third-order valence-corrected chi connectivity index (χ3v) is 3.62. The molecule has 3 nitrogen and oxygen atoms in total. The molecular formula is C11H14O3. The molecule has 0 radical (unpaired) electrons. The van der Waals surface area contributed by atoms with Crippen LogP contribution in [-0.2, 0) is 9.59 Å². The molecule has 2 rings (SSSR count). The molecule has 14 heavy (non-hydrogen) atoms. The highest BCUT2D eigenvalue weighted by Crippen LogP contribution is 2.51. The fraction of sp³-hybridized carbons (Fsp3) is 0.636. The minimum Gasteiger partial charge on any atom is -0.481 e. The Balaban J connectivity index is 2.33. The second kappa shape index (κ2) is 2.69. The normalized spacial score (nSPS) is 36.4. The SMILES string of the molecule is CC1=C2CC(C)(C(=O)O)CC2CC1=O. The van der Waals surface area contributed by atoms with E-state index in [1.807, 2.05) is 6.92 Å². The van der Waals surface area contributed by atoms with Gasteiger partial charge in [0.25, 0.3) is 0 Å². The monoisotopic (exact) mass is 194 g/mol. The number of carboxylic acids is 1. The number of rotatable bonds is 1. The van der Waals surface area contributed by atoms with Crippen molar-refractivity contribution in [2.45, 2.75) is 33.1 Å². The summed E-state index contributed by atoms with van der Waals surface area (Å²) in [6.07, 6.45) is 1.72. The van der Waals surface area contributed by atoms with Crippen molar-refractivity contribution in [2.75, 3.05) is 0 Å². The summed E-state index contributed by atoms with van der Waals surface area (Å²) in [5.74, 6) is -0.319. The zero-order valence-corrected chi connectivity index (χ0v) is 8.46. The summed E-state index contributed by atoms with van der Waals surface area (Å²) in [5, 5.41) is 9.07. The van der Waals surface area contributed by atoms with Gasteiger partial charge in [-0.2, -0.15) is 0 Å². The van der Waals surface area contributed by atoms with Crippen molar-refractivity contribution in [1.29, 1.82) is 0 Å². The van der Waals surface area contributed by atoms with Gasteiger partial charge in [-0.15, -0.1) is 0 Å². The number of fused-ring (bicyclic) bond motifs is 1. The van der Waals surface area contributed by atoms with Gasteiger partial charge in [0.05, 0.1) is 5.41 Å². The fourth-order valence-corrected chi connectivity index (χ4v) is 2.66. The zero-order valence-electron chi connectivity index (χ0n) is 8.46. The number of carbonyl (C=O) groups is 2. The van der Waals surface area contributed by atoms with Crippen molar-refractivity contribution in [1.82, 2.24) is 0 Å². The Kier molecular flexibility index (Phi) is 1.81. The van der Waals surface area contributed by atoms with Gasteiger partial charge in [0.1, 0.15) is 0 Å². The maximum Gasteiger partial charge on any atom is 0.309 e. The van der Waals surface area contributed by atoms with E-state index in [1.54, 1.807) is 6.92 Å². The molecule has 0 aromatic carbocycles. The van der Waals surface area contributed by atoms with Gasteiger partial charge in [-0.3, -0.25) is 9.59 Å². The topological polar surface area (TPSA) is 54.4 Å². The van der Waals surface area contributed by atoms with Crippen molar-refractivity contribution in [3.8, 4) is 0 Å². The molecule has 3 heteroatoms. The van der Waals surface area contributed by atoms with Crippen LogP contribution >= 0.6 is 0 Å². The van der Waals surface area contributed by atoms with Crippen LogP contribution in [0.5, 0.6) is 0 Å². The van der Waals surface area contributed by atoms with Crippen molar-refractivity contribution < 1.29 is 14.7 Å². The molecule has 0 spiro atoms. The van der Waals surface area contributed by atoms with Crippen molar-refractivity contribution in [3.05, 3.63) is 11.1 Å². The average molecular weight is 194 g/mol. The number of carboxylic acid groups (broad SMARTS) is 1. The summed E-state index contributed by atoms with van der Waals surface area (Å²) < 4.78 is 0. The van der Waals surface area contributed by atoms with Crippen LogP contribution in [-0.4, -0.2) is 16.9 Å². The molecule has 0 heterocycles. The summed E-state index contributed by atoms with van der Waals surface area (Å²) in [7, 11) is 0. The minimum absolute atomic E-state index is 0.206. The lowest BCUT2D eigenvalue weighted by atomic mass is 9.86. The van der Waals surface area contributed by atoms with E-state index >= 15 is 0 Å². The van der Waals surface area contributed by atoms with E-state index in [2.05, 4.69) is 0 Å². The zero-order chi connectivity index (χ0) is 10.5. The first-order chi connectivity index (χ1) is 6.44. The molecule has 2 aliphatic rings. The summed E-state index contributed by atoms with van der Waals surface area (Å²) in [4.78, 5) is 22.4. The van der Waals surface area contributed by atoms with Gasteiger partial charge in [0.2, 0.25) is 0 Å². The van der Waals surface area contributed by atoms with Gasteiger partial charge < -0.3 is 5.11 Å². The Labute approximate surface area is 82.8 Å². The molecule has 0 aromatic heterocycles. The smallest absolute Gasteiger partial charge is 0.309 e. The number of Topliss-reactive ketones (excluding diaryl/α,β-unsaturated/α-hetero) is 1. The number of hydrogen-bond acceptors (Lipinski definition) is 2. The molecular weight excluding hydrogens is 180 g/mol. The van der Waals surface area contributed by atoms with Gasteiger partial charge in [-0.05, 0) is 38.2 Å². The fourth-order valence-electron chi connectivity index (χ4n) is 2.66. The standard InChI is InChI=1S/C11H14O3/c1-6-8-5-11(2,10(13)14)4-7(8)3-9(6)12/h7H,3-5H2,1-2H3,(H,13,14). The molecule has 76 valence electrons. The molecule has 1 N–H and O–H groups in total. The minimum atomic E-state index is -0.736. The quantitative estimate of drug-likeness (QED) is 0.692. The third-order valence-electron chi connectivity index (χ3n) is 3.62. The highest BCUT2D eigenvalue weighted by molar-refractivity contribution is 5.99. The van der Waals surface area contributed by atoms with Crippen molar-refractivity contribution >= 4 is 11.8 Å². The van der Waals surface area contributed by atoms with Crippen LogP contribution < -0.4 is 0 Å². The first-order valence-corrected chi connectivity index (χ1v) is 4.90. The molecule has 2 aliphatic carbocycles. The number of allylic oxidation sites excluding steroid dienone is 2. The highest BCUT2D eigenvalue weighted by atomic mass is 16.4. The number of hydrogen-bond donors (Lipinski definition) is 1. The lowest BCUT2D eigenvalue weighted by molar-refractivity contribution is -0.147. The largest absolute Gasteiger partial charge is 0.481 e. The Morgan fingerprint density at radius 3 is 2.71 bits per heavy atom. The molecule has 1 fully saturated rings. The predicted octanol–water partition coefficient (Wildman–Crippen LogP) is 1.78. The lowest BCUT2D eigenvalue weighted by Crippen LogP contribution is -2.24. The highest BCUT2D eigenvalue weighted by Gasteiger charge is 2.48. The second-order valence-corrected chi connectivity index (χ2v) is 4.72.